The van der Waals surface area contributed by atoms with E-state index in [0.29, 0.717) is 13.0 Å². The molecule has 3 nitrogen and oxygen atoms in total. The lowest BCUT2D eigenvalue weighted by atomic mass is 10.2. The van der Waals surface area contributed by atoms with Gasteiger partial charge >= 0.3 is 0 Å². The average Bonchev–Trinajstić information content (AvgIpc) is 3.13. The van der Waals surface area contributed by atoms with Gasteiger partial charge in [-0.25, -0.2) is 0 Å². The molecular formula is C14H19NO2. The second kappa shape index (κ2) is 5.71. The van der Waals surface area contributed by atoms with Gasteiger partial charge < -0.3 is 10.1 Å². The van der Waals surface area contributed by atoms with Crippen molar-refractivity contribution < 1.29 is 9.53 Å². The molecule has 17 heavy (non-hydrogen) atoms. The van der Waals surface area contributed by atoms with Crippen LogP contribution in [0.4, 0.5) is 0 Å². The van der Waals surface area contributed by atoms with Gasteiger partial charge in [0.2, 0.25) is 5.91 Å². The summed E-state index contributed by atoms with van der Waals surface area (Å²) in [4.78, 5) is 11.4. The molecule has 1 fully saturated rings. The van der Waals surface area contributed by atoms with Crippen molar-refractivity contribution in [2.24, 2.45) is 5.92 Å². The van der Waals surface area contributed by atoms with Crippen LogP contribution in [0.15, 0.2) is 24.3 Å². The molecule has 0 saturated heterocycles. The van der Waals surface area contributed by atoms with E-state index in [1.54, 1.807) is 0 Å². The Bertz CT molecular complexity index is 368. The zero-order valence-corrected chi connectivity index (χ0v) is 10.2. The summed E-state index contributed by atoms with van der Waals surface area (Å²) in [5.41, 5.74) is 1.21. The zero-order chi connectivity index (χ0) is 12.1. The lowest BCUT2D eigenvalue weighted by Crippen LogP contribution is -2.26. The molecule has 0 unspecified atom stereocenters. The standard InChI is InChI=1S/C14H19NO2/c1-11-2-6-13(7-3-11)17-9-8-14(16)15-10-12-4-5-12/h2-3,6-7,12H,4-5,8-10H2,1H3,(H,15,16). The number of carbonyl (C=O) groups is 1. The summed E-state index contributed by atoms with van der Waals surface area (Å²) < 4.78 is 5.49. The van der Waals surface area contributed by atoms with Crippen LogP contribution in [0.1, 0.15) is 24.8 Å². The fourth-order valence-corrected chi connectivity index (χ4v) is 1.56. The van der Waals surface area contributed by atoms with E-state index in [2.05, 4.69) is 5.32 Å². The van der Waals surface area contributed by atoms with E-state index in [1.165, 1.54) is 18.4 Å². The van der Waals surface area contributed by atoms with Crippen molar-refractivity contribution in [2.45, 2.75) is 26.2 Å². The van der Waals surface area contributed by atoms with Gasteiger partial charge in [-0.1, -0.05) is 17.7 Å². The molecule has 92 valence electrons. The monoisotopic (exact) mass is 233 g/mol. The Morgan fingerprint density at radius 3 is 2.71 bits per heavy atom. The minimum Gasteiger partial charge on any atom is -0.493 e. The van der Waals surface area contributed by atoms with E-state index in [-0.39, 0.29) is 5.91 Å². The lowest BCUT2D eigenvalue weighted by Gasteiger charge is -2.07. The first-order valence-electron chi connectivity index (χ1n) is 6.20. The maximum Gasteiger partial charge on any atom is 0.223 e. The van der Waals surface area contributed by atoms with E-state index in [0.717, 1.165) is 18.2 Å². The fraction of sp³-hybridized carbons (Fsp3) is 0.500. The number of amides is 1. The van der Waals surface area contributed by atoms with Crippen LogP contribution in [0.5, 0.6) is 5.75 Å². The minimum atomic E-state index is 0.0870. The van der Waals surface area contributed by atoms with Crippen molar-refractivity contribution in [3.8, 4) is 5.75 Å². The molecular weight excluding hydrogens is 214 g/mol. The third-order valence-corrected chi connectivity index (χ3v) is 2.90. The molecule has 0 bridgehead atoms. The van der Waals surface area contributed by atoms with Gasteiger partial charge in [-0.3, -0.25) is 4.79 Å². The maximum absolute atomic E-state index is 11.4. The Labute approximate surface area is 102 Å². The number of ether oxygens (including phenoxy) is 1. The van der Waals surface area contributed by atoms with Gasteiger partial charge in [-0.15, -0.1) is 0 Å². The summed E-state index contributed by atoms with van der Waals surface area (Å²) in [6.45, 7) is 3.32. The Hall–Kier alpha value is -1.51. The summed E-state index contributed by atoms with van der Waals surface area (Å²) in [5, 5.41) is 2.92. The van der Waals surface area contributed by atoms with E-state index in [4.69, 9.17) is 4.74 Å². The highest BCUT2D eigenvalue weighted by atomic mass is 16.5. The van der Waals surface area contributed by atoms with E-state index in [1.807, 2.05) is 31.2 Å². The van der Waals surface area contributed by atoms with Crippen molar-refractivity contribution in [3.05, 3.63) is 29.8 Å². The number of nitrogens with one attached hydrogen (secondary N) is 1. The summed E-state index contributed by atoms with van der Waals surface area (Å²) in [6.07, 6.45) is 2.96. The smallest absolute Gasteiger partial charge is 0.223 e. The van der Waals surface area contributed by atoms with Gasteiger partial charge in [0.05, 0.1) is 13.0 Å². The highest BCUT2D eigenvalue weighted by molar-refractivity contribution is 5.76. The molecule has 0 atom stereocenters. The average molecular weight is 233 g/mol. The Morgan fingerprint density at radius 2 is 2.06 bits per heavy atom. The molecule has 0 aliphatic heterocycles. The van der Waals surface area contributed by atoms with Crippen LogP contribution in [-0.4, -0.2) is 19.1 Å². The Balaban J connectivity index is 1.61. The minimum absolute atomic E-state index is 0.0870. The van der Waals surface area contributed by atoms with Crippen molar-refractivity contribution in [1.82, 2.24) is 5.32 Å². The van der Waals surface area contributed by atoms with Gasteiger partial charge in [0.25, 0.3) is 0 Å². The van der Waals surface area contributed by atoms with Crippen LogP contribution in [0.2, 0.25) is 0 Å². The van der Waals surface area contributed by atoms with Crippen LogP contribution in [-0.2, 0) is 4.79 Å². The topological polar surface area (TPSA) is 38.3 Å². The normalized spacial score (nSPS) is 14.4. The van der Waals surface area contributed by atoms with Crippen molar-refractivity contribution in [2.75, 3.05) is 13.2 Å². The molecule has 1 aromatic carbocycles. The summed E-state index contributed by atoms with van der Waals surface area (Å²) in [7, 11) is 0. The first-order valence-corrected chi connectivity index (χ1v) is 6.20. The highest BCUT2D eigenvalue weighted by Gasteiger charge is 2.21. The largest absolute Gasteiger partial charge is 0.493 e. The second-order valence-electron chi connectivity index (χ2n) is 4.66. The van der Waals surface area contributed by atoms with Gasteiger partial charge in [0.1, 0.15) is 5.75 Å². The number of aryl methyl sites for hydroxylation is 1. The van der Waals surface area contributed by atoms with Crippen molar-refractivity contribution in [1.29, 1.82) is 0 Å². The third-order valence-electron chi connectivity index (χ3n) is 2.90. The molecule has 1 aromatic rings. The molecule has 2 rings (SSSR count). The van der Waals surface area contributed by atoms with Gasteiger partial charge in [0.15, 0.2) is 0 Å². The SMILES string of the molecule is Cc1ccc(OCCC(=O)NCC2CC2)cc1. The van der Waals surface area contributed by atoms with Gasteiger partial charge in [0, 0.05) is 6.54 Å². The first kappa shape index (κ1) is 12.0. The second-order valence-corrected chi connectivity index (χ2v) is 4.66. The lowest BCUT2D eigenvalue weighted by molar-refractivity contribution is -0.121. The molecule has 1 aliphatic carbocycles. The van der Waals surface area contributed by atoms with E-state index in [9.17, 15) is 4.79 Å². The number of carbonyl (C=O) groups excluding carboxylic acids is 1. The molecule has 0 spiro atoms. The molecule has 1 saturated carbocycles. The van der Waals surface area contributed by atoms with Gasteiger partial charge in [-0.2, -0.15) is 0 Å². The Morgan fingerprint density at radius 1 is 1.35 bits per heavy atom. The predicted molar refractivity (Wildman–Crippen MR) is 67.0 cm³/mol. The van der Waals surface area contributed by atoms with Crippen molar-refractivity contribution >= 4 is 5.91 Å². The fourth-order valence-electron chi connectivity index (χ4n) is 1.56. The number of hydrogen-bond acceptors (Lipinski definition) is 2. The number of rotatable bonds is 6. The van der Waals surface area contributed by atoms with Crippen LogP contribution in [0.25, 0.3) is 0 Å². The van der Waals surface area contributed by atoms with E-state index < -0.39 is 0 Å². The zero-order valence-electron chi connectivity index (χ0n) is 10.2. The van der Waals surface area contributed by atoms with Crippen molar-refractivity contribution in [3.63, 3.8) is 0 Å². The molecule has 3 heteroatoms. The molecule has 0 heterocycles. The summed E-state index contributed by atoms with van der Waals surface area (Å²) >= 11 is 0. The summed E-state index contributed by atoms with van der Waals surface area (Å²) in [6, 6.07) is 7.86. The maximum atomic E-state index is 11.4. The molecule has 1 amide bonds. The van der Waals surface area contributed by atoms with Crippen LogP contribution >= 0.6 is 0 Å². The van der Waals surface area contributed by atoms with Gasteiger partial charge in [-0.05, 0) is 37.8 Å². The van der Waals surface area contributed by atoms with Crippen LogP contribution in [0.3, 0.4) is 0 Å². The quantitative estimate of drug-likeness (QED) is 0.818. The van der Waals surface area contributed by atoms with E-state index >= 15 is 0 Å². The summed E-state index contributed by atoms with van der Waals surface area (Å²) in [5.74, 6) is 1.64. The third kappa shape index (κ3) is 4.47. The predicted octanol–water partition coefficient (Wildman–Crippen LogP) is 2.29. The number of benzene rings is 1. The molecule has 1 N–H and O–H groups in total. The molecule has 1 aliphatic rings. The molecule has 0 radical (unpaired) electrons. The Kier molecular flexibility index (Phi) is 4.02. The number of hydrogen-bond donors (Lipinski definition) is 1. The molecule has 0 aromatic heterocycles. The van der Waals surface area contributed by atoms with Crippen LogP contribution < -0.4 is 10.1 Å². The first-order chi connectivity index (χ1) is 8.24. The highest BCUT2D eigenvalue weighted by Crippen LogP contribution is 2.27. The van der Waals surface area contributed by atoms with Crippen LogP contribution in [0, 0.1) is 12.8 Å².